The summed E-state index contributed by atoms with van der Waals surface area (Å²) < 4.78 is 6.83. The highest BCUT2D eigenvalue weighted by atomic mass is 16.5. The Kier molecular flexibility index (Phi) is 7.04. The molecule has 0 bridgehead atoms. The first kappa shape index (κ1) is 30.0. The molecule has 10 rings (SSSR count). The van der Waals surface area contributed by atoms with E-state index < -0.39 is 5.41 Å². The second kappa shape index (κ2) is 12.2. The van der Waals surface area contributed by atoms with Crippen LogP contribution in [-0.2, 0) is 5.41 Å². The van der Waals surface area contributed by atoms with Gasteiger partial charge in [-0.3, -0.25) is 0 Å². The van der Waals surface area contributed by atoms with Gasteiger partial charge in [-0.1, -0.05) is 121 Å². The molecule has 1 aliphatic carbocycles. The smallest absolute Gasteiger partial charge is 0.132 e. The number of nitrogens with zero attached hydrogens (tertiary/aromatic N) is 2. The Morgan fingerprint density at radius 1 is 0.288 bits per heavy atom. The van der Waals surface area contributed by atoms with Gasteiger partial charge in [0.05, 0.1) is 5.41 Å². The molecule has 0 N–H and O–H groups in total. The van der Waals surface area contributed by atoms with Crippen molar-refractivity contribution in [3.8, 4) is 22.6 Å². The zero-order valence-corrected chi connectivity index (χ0v) is 28.4. The third-order valence-corrected chi connectivity index (χ3v) is 10.5. The summed E-state index contributed by atoms with van der Waals surface area (Å²) in [6.45, 7) is 0. The summed E-state index contributed by atoms with van der Waals surface area (Å²) in [7, 11) is 0. The van der Waals surface area contributed by atoms with Gasteiger partial charge in [-0.25, -0.2) is 0 Å². The quantitative estimate of drug-likeness (QED) is 0.176. The molecule has 246 valence electrons. The second-order valence-corrected chi connectivity index (χ2v) is 13.3. The van der Waals surface area contributed by atoms with Crippen LogP contribution in [0.25, 0.3) is 11.1 Å². The Hall–Kier alpha value is -6.84. The molecule has 1 aliphatic heterocycles. The summed E-state index contributed by atoms with van der Waals surface area (Å²) in [5.74, 6) is 1.74. The summed E-state index contributed by atoms with van der Waals surface area (Å²) in [4.78, 5) is 4.69. The van der Waals surface area contributed by atoms with Crippen LogP contribution in [0.15, 0.2) is 206 Å². The van der Waals surface area contributed by atoms with E-state index in [9.17, 15) is 0 Å². The van der Waals surface area contributed by atoms with Crippen LogP contribution < -0.4 is 14.5 Å². The highest BCUT2D eigenvalue weighted by Crippen LogP contribution is 2.63. The number of benzene rings is 8. The molecule has 3 heteroatoms. The fourth-order valence-corrected chi connectivity index (χ4v) is 8.36. The first-order valence-corrected chi connectivity index (χ1v) is 17.8. The minimum atomic E-state index is -0.639. The van der Waals surface area contributed by atoms with Crippen molar-refractivity contribution in [1.82, 2.24) is 0 Å². The first-order valence-electron chi connectivity index (χ1n) is 17.8. The molecule has 2 aliphatic rings. The van der Waals surface area contributed by atoms with Crippen molar-refractivity contribution in [1.29, 1.82) is 0 Å². The maximum Gasteiger partial charge on any atom is 0.132 e. The number of hydrogen-bond donors (Lipinski definition) is 0. The number of rotatable bonds is 6. The van der Waals surface area contributed by atoms with E-state index >= 15 is 0 Å². The van der Waals surface area contributed by atoms with Gasteiger partial charge in [0.25, 0.3) is 0 Å². The lowest BCUT2D eigenvalue weighted by Gasteiger charge is -2.40. The Balaban J connectivity index is 1.27. The van der Waals surface area contributed by atoms with E-state index in [0.717, 1.165) is 56.8 Å². The molecule has 0 saturated heterocycles. The average molecular weight is 667 g/mol. The molecule has 0 saturated carbocycles. The van der Waals surface area contributed by atoms with Crippen molar-refractivity contribution < 1.29 is 4.74 Å². The fraction of sp³-hybridized carbons (Fsp3) is 0.0204. The molecule has 1 spiro atoms. The maximum atomic E-state index is 6.83. The topological polar surface area (TPSA) is 15.7 Å². The third kappa shape index (κ3) is 4.60. The van der Waals surface area contributed by atoms with Gasteiger partial charge < -0.3 is 14.5 Å². The summed E-state index contributed by atoms with van der Waals surface area (Å²) in [6.07, 6.45) is 0. The van der Waals surface area contributed by atoms with E-state index in [-0.39, 0.29) is 0 Å². The van der Waals surface area contributed by atoms with Crippen molar-refractivity contribution in [2.24, 2.45) is 0 Å². The molecule has 0 amide bonds. The minimum absolute atomic E-state index is 0.639. The van der Waals surface area contributed by atoms with Gasteiger partial charge in [0.15, 0.2) is 0 Å². The molecule has 0 radical (unpaired) electrons. The summed E-state index contributed by atoms with van der Waals surface area (Å²) in [6, 6.07) is 73.7. The number of fused-ring (bicyclic) bond motifs is 9. The van der Waals surface area contributed by atoms with Crippen LogP contribution in [0.5, 0.6) is 11.5 Å². The molecule has 1 heterocycles. The molecule has 0 aromatic heterocycles. The molecule has 1 atom stereocenters. The van der Waals surface area contributed by atoms with E-state index in [1.54, 1.807) is 0 Å². The number of hydrogen-bond acceptors (Lipinski definition) is 3. The van der Waals surface area contributed by atoms with Gasteiger partial charge in [0.1, 0.15) is 11.5 Å². The van der Waals surface area contributed by atoms with E-state index in [2.05, 4.69) is 216 Å². The summed E-state index contributed by atoms with van der Waals surface area (Å²) in [5, 5.41) is 0. The van der Waals surface area contributed by atoms with Crippen molar-refractivity contribution in [3.05, 3.63) is 229 Å². The zero-order valence-electron chi connectivity index (χ0n) is 28.4. The van der Waals surface area contributed by atoms with Crippen LogP contribution >= 0.6 is 0 Å². The lowest BCUT2D eigenvalue weighted by atomic mass is 9.66. The van der Waals surface area contributed by atoms with Gasteiger partial charge >= 0.3 is 0 Å². The highest BCUT2D eigenvalue weighted by Gasteiger charge is 2.51. The largest absolute Gasteiger partial charge is 0.457 e. The molecular formula is C49H34N2O. The van der Waals surface area contributed by atoms with Gasteiger partial charge in [-0.05, 0) is 107 Å². The Bertz CT molecular complexity index is 2470. The molecule has 8 aromatic carbocycles. The van der Waals surface area contributed by atoms with Gasteiger partial charge in [-0.2, -0.15) is 0 Å². The van der Waals surface area contributed by atoms with Crippen LogP contribution in [0.1, 0.15) is 22.3 Å². The molecule has 8 aromatic rings. The summed E-state index contributed by atoms with van der Waals surface area (Å²) in [5.41, 5.74) is 13.2. The molecule has 0 fully saturated rings. The Morgan fingerprint density at radius 3 is 1.25 bits per heavy atom. The van der Waals surface area contributed by atoms with E-state index in [4.69, 9.17) is 4.74 Å². The highest BCUT2D eigenvalue weighted by molar-refractivity contribution is 5.92. The van der Waals surface area contributed by atoms with Crippen LogP contribution in [0.2, 0.25) is 0 Å². The van der Waals surface area contributed by atoms with Crippen molar-refractivity contribution in [2.45, 2.75) is 5.41 Å². The van der Waals surface area contributed by atoms with E-state index in [1.807, 2.05) is 0 Å². The van der Waals surface area contributed by atoms with E-state index in [1.165, 1.54) is 22.3 Å². The van der Waals surface area contributed by atoms with E-state index in [0.29, 0.717) is 0 Å². The number of anilines is 6. The third-order valence-electron chi connectivity index (χ3n) is 10.5. The van der Waals surface area contributed by atoms with Crippen LogP contribution in [0.4, 0.5) is 34.1 Å². The van der Waals surface area contributed by atoms with Crippen molar-refractivity contribution in [3.63, 3.8) is 0 Å². The lowest BCUT2D eigenvalue weighted by Crippen LogP contribution is -2.32. The fourth-order valence-electron chi connectivity index (χ4n) is 8.36. The van der Waals surface area contributed by atoms with Crippen molar-refractivity contribution in [2.75, 3.05) is 9.80 Å². The maximum absolute atomic E-state index is 6.83. The molecule has 52 heavy (non-hydrogen) atoms. The molecule has 1 unspecified atom stereocenters. The first-order chi connectivity index (χ1) is 25.8. The minimum Gasteiger partial charge on any atom is -0.457 e. The van der Waals surface area contributed by atoms with Crippen LogP contribution in [0, 0.1) is 0 Å². The zero-order chi connectivity index (χ0) is 34.5. The standard InChI is InChI=1S/C49H34N2O/c1-5-17-35(18-6-1)50(36-19-7-2-8-20-36)39-29-31-42-41-25-13-14-26-43(41)49(45(42)33-39)44-27-15-16-28-47(44)52-48-32-30-40(34-46(48)49)51(37-21-9-3-10-22-37)38-23-11-4-12-24-38/h1-34H. The van der Waals surface area contributed by atoms with Gasteiger partial charge in [-0.15, -0.1) is 0 Å². The molecular weight excluding hydrogens is 633 g/mol. The van der Waals surface area contributed by atoms with Gasteiger partial charge in [0.2, 0.25) is 0 Å². The second-order valence-electron chi connectivity index (χ2n) is 13.3. The predicted molar refractivity (Wildman–Crippen MR) is 213 cm³/mol. The van der Waals surface area contributed by atoms with Crippen molar-refractivity contribution >= 4 is 34.1 Å². The number of ether oxygens (including phenoxy) is 1. The van der Waals surface area contributed by atoms with Crippen LogP contribution in [-0.4, -0.2) is 0 Å². The van der Waals surface area contributed by atoms with Gasteiger partial charge in [0, 0.05) is 45.3 Å². The lowest BCUT2D eigenvalue weighted by molar-refractivity contribution is 0.436. The number of para-hydroxylation sites is 5. The average Bonchev–Trinajstić information content (AvgIpc) is 3.50. The molecule has 3 nitrogen and oxygen atoms in total. The van der Waals surface area contributed by atoms with Crippen LogP contribution in [0.3, 0.4) is 0 Å². The monoisotopic (exact) mass is 666 g/mol. The Labute approximate surface area is 304 Å². The normalized spacial score (nSPS) is 14.8. The Morgan fingerprint density at radius 2 is 0.692 bits per heavy atom. The predicted octanol–water partition coefficient (Wildman–Crippen LogP) is 13.1. The SMILES string of the molecule is c1ccc(N(c2ccccc2)c2ccc3c(c2)C2(c4ccccc4O3)c3ccccc3-c3ccc(N(c4ccccc4)c4ccccc4)cc32)cc1. The summed E-state index contributed by atoms with van der Waals surface area (Å²) >= 11 is 0.